The van der Waals surface area contributed by atoms with Gasteiger partial charge in [-0.3, -0.25) is 4.79 Å². The zero-order valence-corrected chi connectivity index (χ0v) is 25.4. The van der Waals surface area contributed by atoms with Crippen LogP contribution in [0, 0.1) is 0 Å². The molecule has 5 aromatic rings. The molecule has 0 aliphatic carbocycles. The summed E-state index contributed by atoms with van der Waals surface area (Å²) in [5, 5.41) is 5.90. The molecule has 38 heavy (non-hydrogen) atoms. The Morgan fingerprint density at radius 2 is 1.89 bits per heavy atom. The predicted molar refractivity (Wildman–Crippen MR) is 161 cm³/mol. The molecule has 194 valence electrons. The van der Waals surface area contributed by atoms with Gasteiger partial charge in [-0.2, -0.15) is 9.78 Å². The van der Waals surface area contributed by atoms with E-state index >= 15 is 0 Å². The van der Waals surface area contributed by atoms with E-state index in [-0.39, 0.29) is 17.5 Å². The molecule has 0 saturated carbocycles. The number of halogens is 3. The summed E-state index contributed by atoms with van der Waals surface area (Å²) in [7, 11) is 1.58. The number of benzene rings is 3. The molecule has 3 aromatic carbocycles. The van der Waals surface area contributed by atoms with Gasteiger partial charge in [-0.1, -0.05) is 35.0 Å². The van der Waals surface area contributed by atoms with Gasteiger partial charge < -0.3 is 13.9 Å². The van der Waals surface area contributed by atoms with E-state index in [2.05, 4.69) is 59.8 Å². The molecule has 0 saturated heterocycles. The highest BCUT2D eigenvalue weighted by Crippen LogP contribution is 2.43. The SMILES string of the molecule is CC[C@H](C)Oc1c(OC)cc(C=Nn2c(-c3cc4cc(Br)ccc4o3)nc3ccccc3c2=O)c(Br)c1Br. The summed E-state index contributed by atoms with van der Waals surface area (Å²) in [6.07, 6.45) is 2.42. The number of furan rings is 1. The molecule has 0 aliphatic heterocycles. The Balaban J connectivity index is 1.67. The predicted octanol–water partition coefficient (Wildman–Crippen LogP) is 8.17. The molecule has 0 amide bonds. The number of rotatable bonds is 7. The molecule has 5 rings (SSSR count). The normalized spacial score (nSPS) is 12.5. The Bertz CT molecular complexity index is 1760. The number of fused-ring (bicyclic) bond motifs is 2. The number of para-hydroxylation sites is 1. The van der Waals surface area contributed by atoms with Crippen LogP contribution in [0.3, 0.4) is 0 Å². The van der Waals surface area contributed by atoms with E-state index in [4.69, 9.17) is 18.9 Å². The molecule has 1 atom stereocenters. The van der Waals surface area contributed by atoms with E-state index < -0.39 is 0 Å². The smallest absolute Gasteiger partial charge is 0.282 e. The van der Waals surface area contributed by atoms with E-state index in [1.54, 1.807) is 37.6 Å². The number of hydrogen-bond acceptors (Lipinski definition) is 6. The minimum absolute atomic E-state index is 0.000796. The summed E-state index contributed by atoms with van der Waals surface area (Å²) in [6.45, 7) is 4.04. The van der Waals surface area contributed by atoms with Gasteiger partial charge in [0.2, 0.25) is 5.82 Å². The molecular formula is C28H22Br3N3O4. The van der Waals surface area contributed by atoms with Crippen molar-refractivity contribution in [2.75, 3.05) is 7.11 Å². The molecule has 0 aliphatic rings. The average Bonchev–Trinajstić information content (AvgIpc) is 3.34. The number of ether oxygens (including phenoxy) is 2. The van der Waals surface area contributed by atoms with E-state index in [1.165, 1.54) is 4.68 Å². The Kier molecular flexibility index (Phi) is 7.74. The summed E-state index contributed by atoms with van der Waals surface area (Å²) in [4.78, 5) is 18.3. The van der Waals surface area contributed by atoms with Crippen molar-refractivity contribution in [1.29, 1.82) is 0 Å². The Morgan fingerprint density at radius 1 is 1.11 bits per heavy atom. The van der Waals surface area contributed by atoms with E-state index in [9.17, 15) is 4.79 Å². The molecule has 0 spiro atoms. The van der Waals surface area contributed by atoms with Crippen molar-refractivity contribution in [2.24, 2.45) is 5.10 Å². The first-order chi connectivity index (χ1) is 18.3. The fourth-order valence-electron chi connectivity index (χ4n) is 3.88. The summed E-state index contributed by atoms with van der Waals surface area (Å²) < 4.78 is 21.3. The third kappa shape index (κ3) is 5.04. The molecule has 0 unspecified atom stereocenters. The van der Waals surface area contributed by atoms with Crippen LogP contribution in [0.4, 0.5) is 0 Å². The lowest BCUT2D eigenvalue weighted by Gasteiger charge is -2.18. The van der Waals surface area contributed by atoms with E-state index in [0.717, 1.165) is 16.3 Å². The van der Waals surface area contributed by atoms with Crippen molar-refractivity contribution in [3.8, 4) is 23.1 Å². The summed E-state index contributed by atoms with van der Waals surface area (Å²) in [5.41, 5.74) is 1.58. The summed E-state index contributed by atoms with van der Waals surface area (Å²) in [5.74, 6) is 1.84. The van der Waals surface area contributed by atoms with Crippen molar-refractivity contribution in [2.45, 2.75) is 26.4 Å². The number of aromatic nitrogens is 2. The van der Waals surface area contributed by atoms with Crippen molar-refractivity contribution in [3.63, 3.8) is 0 Å². The van der Waals surface area contributed by atoms with Gasteiger partial charge in [0.25, 0.3) is 5.56 Å². The molecule has 0 fully saturated rings. The van der Waals surface area contributed by atoms with Gasteiger partial charge in [0.05, 0.1) is 34.8 Å². The first-order valence-electron chi connectivity index (χ1n) is 11.8. The standard InChI is InChI=1S/C28H22Br3N3O4/c1-4-15(2)37-26-22(36-3)13-17(24(30)25(26)31)14-32-34-27(33-20-8-6-5-7-19(20)28(34)35)23-12-16-11-18(29)9-10-21(16)38-23/h5-15H,4H2,1-3H3/t15-/m0/s1. The largest absolute Gasteiger partial charge is 0.493 e. The fraction of sp³-hybridized carbons (Fsp3) is 0.179. The minimum atomic E-state index is -0.317. The van der Waals surface area contributed by atoms with Gasteiger partial charge in [-0.15, -0.1) is 0 Å². The zero-order valence-electron chi connectivity index (χ0n) is 20.7. The maximum Gasteiger partial charge on any atom is 0.282 e. The average molecular weight is 704 g/mol. The van der Waals surface area contributed by atoms with Crippen molar-refractivity contribution in [1.82, 2.24) is 9.66 Å². The number of hydrogen-bond donors (Lipinski definition) is 0. The third-order valence-corrected chi connectivity index (χ3v) is 8.67. The molecular weight excluding hydrogens is 682 g/mol. The quantitative estimate of drug-likeness (QED) is 0.160. The van der Waals surface area contributed by atoms with Crippen LogP contribution in [0.2, 0.25) is 0 Å². The molecule has 7 nitrogen and oxygen atoms in total. The van der Waals surface area contributed by atoms with Gasteiger partial charge >= 0.3 is 0 Å². The molecule has 2 heterocycles. The van der Waals surface area contributed by atoms with Gasteiger partial charge in [0, 0.05) is 19.9 Å². The van der Waals surface area contributed by atoms with Crippen LogP contribution in [0.25, 0.3) is 33.5 Å². The third-order valence-electron chi connectivity index (χ3n) is 6.03. The highest BCUT2D eigenvalue weighted by atomic mass is 79.9. The van der Waals surface area contributed by atoms with E-state index in [0.29, 0.717) is 48.3 Å². The number of nitrogens with zero attached hydrogens (tertiary/aromatic N) is 3. The second-order valence-corrected chi connectivity index (χ2v) is 11.1. The highest BCUT2D eigenvalue weighted by Gasteiger charge is 2.20. The Labute approximate surface area is 243 Å². The molecule has 2 aromatic heterocycles. The monoisotopic (exact) mass is 701 g/mol. The van der Waals surface area contributed by atoms with Crippen LogP contribution in [-0.2, 0) is 0 Å². The minimum Gasteiger partial charge on any atom is -0.493 e. The second kappa shape index (κ2) is 11.0. The summed E-state index contributed by atoms with van der Waals surface area (Å²) in [6, 6.07) is 16.5. The van der Waals surface area contributed by atoms with Crippen molar-refractivity contribution < 1.29 is 13.9 Å². The molecule has 0 radical (unpaired) electrons. The molecule has 0 bridgehead atoms. The van der Waals surface area contributed by atoms with E-state index in [1.807, 2.05) is 37.3 Å². The van der Waals surface area contributed by atoms with Gasteiger partial charge in [-0.05, 0) is 87.7 Å². The van der Waals surface area contributed by atoms with Gasteiger partial charge in [0.15, 0.2) is 17.3 Å². The zero-order chi connectivity index (χ0) is 27.0. The van der Waals surface area contributed by atoms with Gasteiger partial charge in [0.1, 0.15) is 5.58 Å². The Morgan fingerprint density at radius 3 is 2.66 bits per heavy atom. The van der Waals surface area contributed by atoms with Crippen LogP contribution in [0.1, 0.15) is 25.8 Å². The maximum atomic E-state index is 13.6. The first-order valence-corrected chi connectivity index (χ1v) is 14.2. The lowest BCUT2D eigenvalue weighted by Crippen LogP contribution is -2.20. The maximum absolute atomic E-state index is 13.6. The topological polar surface area (TPSA) is 78.8 Å². The van der Waals surface area contributed by atoms with Crippen molar-refractivity contribution >= 4 is 75.9 Å². The van der Waals surface area contributed by atoms with Crippen LogP contribution < -0.4 is 15.0 Å². The molecule has 0 N–H and O–H groups in total. The summed E-state index contributed by atoms with van der Waals surface area (Å²) >= 11 is 10.7. The van der Waals surface area contributed by atoms with Crippen LogP contribution in [0.5, 0.6) is 11.5 Å². The van der Waals surface area contributed by atoms with Crippen molar-refractivity contribution in [3.05, 3.63) is 83.9 Å². The van der Waals surface area contributed by atoms with Crippen LogP contribution >= 0.6 is 47.8 Å². The Hall–Kier alpha value is -2.95. The van der Waals surface area contributed by atoms with Crippen LogP contribution in [0.15, 0.2) is 82.3 Å². The lowest BCUT2D eigenvalue weighted by atomic mass is 10.2. The second-order valence-electron chi connectivity index (χ2n) is 8.57. The molecule has 10 heteroatoms. The van der Waals surface area contributed by atoms with Crippen LogP contribution in [-0.4, -0.2) is 29.1 Å². The fourth-order valence-corrected chi connectivity index (χ4v) is 5.17. The number of methoxy groups -OCH3 is 1. The first kappa shape index (κ1) is 26.6. The van der Waals surface area contributed by atoms with Gasteiger partial charge in [-0.25, -0.2) is 4.98 Å². The highest BCUT2D eigenvalue weighted by molar-refractivity contribution is 9.13. The lowest BCUT2D eigenvalue weighted by molar-refractivity contribution is 0.206.